The number of nitrogens with zero attached hydrogens (tertiary/aromatic N) is 1. The molecule has 0 aromatic carbocycles. The fourth-order valence-electron chi connectivity index (χ4n) is 3.99. The van der Waals surface area contributed by atoms with Crippen molar-refractivity contribution < 1.29 is 4.74 Å². The smallest absolute Gasteiger partial charge is 0.0546 e. The van der Waals surface area contributed by atoms with Crippen LogP contribution >= 0.6 is 0 Å². The molecule has 0 saturated carbocycles. The van der Waals surface area contributed by atoms with Crippen molar-refractivity contribution >= 4 is 0 Å². The lowest BCUT2D eigenvalue weighted by Crippen LogP contribution is -2.50. The minimum absolute atomic E-state index is 0.352. The Labute approximate surface area is 125 Å². The maximum atomic E-state index is 5.86. The van der Waals surface area contributed by atoms with E-state index in [9.17, 15) is 0 Å². The van der Waals surface area contributed by atoms with E-state index in [1.807, 2.05) is 0 Å². The second kappa shape index (κ2) is 7.77. The van der Waals surface area contributed by atoms with Crippen molar-refractivity contribution in [3.05, 3.63) is 0 Å². The molecule has 0 aromatic rings. The molecule has 0 aliphatic carbocycles. The Kier molecular flexibility index (Phi) is 6.31. The number of likely N-dealkylation sites (tertiary alicyclic amines) is 1. The lowest BCUT2D eigenvalue weighted by molar-refractivity contribution is -0.0305. The van der Waals surface area contributed by atoms with Crippen molar-refractivity contribution in [2.24, 2.45) is 11.3 Å². The molecule has 20 heavy (non-hydrogen) atoms. The third-order valence-electron chi connectivity index (χ3n) is 5.05. The fourth-order valence-corrected chi connectivity index (χ4v) is 3.99. The van der Waals surface area contributed by atoms with Gasteiger partial charge in [-0.15, -0.1) is 0 Å². The summed E-state index contributed by atoms with van der Waals surface area (Å²) < 4.78 is 5.86. The van der Waals surface area contributed by atoms with Crippen LogP contribution in [0.25, 0.3) is 0 Å². The third kappa shape index (κ3) is 4.19. The highest BCUT2D eigenvalue weighted by Crippen LogP contribution is 2.33. The van der Waals surface area contributed by atoms with Gasteiger partial charge < -0.3 is 10.1 Å². The van der Waals surface area contributed by atoms with E-state index in [2.05, 4.69) is 31.0 Å². The molecule has 2 unspecified atom stereocenters. The summed E-state index contributed by atoms with van der Waals surface area (Å²) in [5.41, 5.74) is 0.352. The molecule has 3 heteroatoms. The van der Waals surface area contributed by atoms with Gasteiger partial charge in [-0.1, -0.05) is 20.8 Å². The number of rotatable bonds is 7. The molecule has 3 nitrogen and oxygen atoms in total. The fraction of sp³-hybridized carbons (Fsp3) is 1.00. The summed E-state index contributed by atoms with van der Waals surface area (Å²) in [6.45, 7) is 13.7. The highest BCUT2D eigenvalue weighted by Gasteiger charge is 2.38. The van der Waals surface area contributed by atoms with Crippen LogP contribution in [0, 0.1) is 11.3 Å². The molecule has 2 aliphatic rings. The first kappa shape index (κ1) is 16.3. The maximum absolute atomic E-state index is 5.86. The van der Waals surface area contributed by atoms with Crippen LogP contribution in [0.3, 0.4) is 0 Å². The molecule has 0 amide bonds. The summed E-state index contributed by atoms with van der Waals surface area (Å²) in [6.07, 6.45) is 6.54. The van der Waals surface area contributed by atoms with Crippen molar-refractivity contribution in [2.45, 2.75) is 58.9 Å². The molecule has 2 aliphatic heterocycles. The number of hydrogen-bond acceptors (Lipinski definition) is 3. The van der Waals surface area contributed by atoms with E-state index < -0.39 is 0 Å². The van der Waals surface area contributed by atoms with Gasteiger partial charge in [0.2, 0.25) is 0 Å². The molecule has 0 spiro atoms. The van der Waals surface area contributed by atoms with E-state index in [0.29, 0.717) is 5.41 Å². The van der Waals surface area contributed by atoms with Gasteiger partial charge in [-0.25, -0.2) is 0 Å². The van der Waals surface area contributed by atoms with E-state index in [4.69, 9.17) is 4.74 Å². The summed E-state index contributed by atoms with van der Waals surface area (Å²) in [5.74, 6) is 0.780. The predicted octanol–water partition coefficient (Wildman–Crippen LogP) is 2.90. The summed E-state index contributed by atoms with van der Waals surface area (Å²) in [7, 11) is 0. The van der Waals surface area contributed by atoms with E-state index in [1.54, 1.807) is 0 Å². The molecule has 2 fully saturated rings. The molecule has 2 atom stereocenters. The van der Waals surface area contributed by atoms with Gasteiger partial charge in [0.05, 0.1) is 6.61 Å². The Balaban J connectivity index is 1.95. The normalized spacial score (nSPS) is 32.1. The molecule has 0 aromatic heterocycles. The summed E-state index contributed by atoms with van der Waals surface area (Å²) >= 11 is 0. The molecule has 1 N–H and O–H groups in total. The Bertz CT molecular complexity index is 274. The number of hydrogen-bond donors (Lipinski definition) is 1. The molecule has 0 bridgehead atoms. The van der Waals surface area contributed by atoms with Gasteiger partial charge in [-0.2, -0.15) is 0 Å². The van der Waals surface area contributed by atoms with Gasteiger partial charge in [0.1, 0.15) is 0 Å². The standard InChI is InChI=1S/C17H34N2O/c1-4-9-18-12-17(8-6-11-20-14-17)13-19-10-5-7-16(19)15(2)3/h15-16,18H,4-14H2,1-3H3. The van der Waals surface area contributed by atoms with Crippen molar-refractivity contribution in [3.8, 4) is 0 Å². The molecular weight excluding hydrogens is 248 g/mol. The second-order valence-corrected chi connectivity index (χ2v) is 7.26. The Morgan fingerprint density at radius 2 is 2.20 bits per heavy atom. The van der Waals surface area contributed by atoms with Crippen LogP contribution in [0.4, 0.5) is 0 Å². The number of ether oxygens (including phenoxy) is 1. The van der Waals surface area contributed by atoms with E-state index in [1.165, 1.54) is 45.2 Å². The minimum Gasteiger partial charge on any atom is -0.381 e. The largest absolute Gasteiger partial charge is 0.381 e. The van der Waals surface area contributed by atoms with Crippen molar-refractivity contribution in [1.82, 2.24) is 10.2 Å². The van der Waals surface area contributed by atoms with Gasteiger partial charge in [0, 0.05) is 31.2 Å². The van der Waals surface area contributed by atoms with Crippen molar-refractivity contribution in [1.29, 1.82) is 0 Å². The van der Waals surface area contributed by atoms with Gasteiger partial charge in [-0.05, 0) is 51.1 Å². The third-order valence-corrected chi connectivity index (χ3v) is 5.05. The summed E-state index contributed by atoms with van der Waals surface area (Å²) in [4.78, 5) is 2.76. The quantitative estimate of drug-likeness (QED) is 0.727. The van der Waals surface area contributed by atoms with Crippen molar-refractivity contribution in [3.63, 3.8) is 0 Å². The Morgan fingerprint density at radius 3 is 2.85 bits per heavy atom. The average Bonchev–Trinajstić information content (AvgIpc) is 2.88. The van der Waals surface area contributed by atoms with Crippen LogP contribution in [-0.4, -0.2) is 50.3 Å². The van der Waals surface area contributed by atoms with Crippen LogP contribution in [0.15, 0.2) is 0 Å². The second-order valence-electron chi connectivity index (χ2n) is 7.26. The van der Waals surface area contributed by atoms with E-state index in [0.717, 1.165) is 38.3 Å². The van der Waals surface area contributed by atoms with Crippen molar-refractivity contribution in [2.75, 3.05) is 39.4 Å². The van der Waals surface area contributed by atoms with Crippen LogP contribution in [-0.2, 0) is 4.74 Å². The summed E-state index contributed by atoms with van der Waals surface area (Å²) in [6, 6.07) is 0.792. The monoisotopic (exact) mass is 282 g/mol. The number of nitrogens with one attached hydrogen (secondary N) is 1. The molecule has 118 valence electrons. The van der Waals surface area contributed by atoms with Crippen LogP contribution in [0.5, 0.6) is 0 Å². The van der Waals surface area contributed by atoms with Crippen LogP contribution < -0.4 is 5.32 Å². The topological polar surface area (TPSA) is 24.5 Å². The molecule has 2 saturated heterocycles. The highest BCUT2D eigenvalue weighted by atomic mass is 16.5. The first-order chi connectivity index (χ1) is 9.67. The highest BCUT2D eigenvalue weighted by molar-refractivity contribution is 4.91. The van der Waals surface area contributed by atoms with E-state index in [-0.39, 0.29) is 0 Å². The zero-order chi connectivity index (χ0) is 14.4. The first-order valence-corrected chi connectivity index (χ1v) is 8.69. The first-order valence-electron chi connectivity index (χ1n) is 8.69. The Hall–Kier alpha value is -0.120. The van der Waals surface area contributed by atoms with Gasteiger partial charge in [0.25, 0.3) is 0 Å². The summed E-state index contributed by atoms with van der Waals surface area (Å²) in [5, 5.41) is 3.66. The van der Waals surface area contributed by atoms with E-state index >= 15 is 0 Å². The van der Waals surface area contributed by atoms with Gasteiger partial charge in [-0.3, -0.25) is 4.90 Å². The maximum Gasteiger partial charge on any atom is 0.0546 e. The zero-order valence-corrected chi connectivity index (χ0v) is 13.8. The zero-order valence-electron chi connectivity index (χ0n) is 13.8. The molecule has 0 radical (unpaired) electrons. The SMILES string of the molecule is CCCNCC1(CN2CCCC2C(C)C)CCCOC1. The van der Waals surface area contributed by atoms with Gasteiger partial charge in [0.15, 0.2) is 0 Å². The average molecular weight is 282 g/mol. The molecule has 2 rings (SSSR count). The lowest BCUT2D eigenvalue weighted by Gasteiger charge is -2.42. The minimum atomic E-state index is 0.352. The van der Waals surface area contributed by atoms with Crippen LogP contribution in [0.1, 0.15) is 52.9 Å². The Morgan fingerprint density at radius 1 is 1.35 bits per heavy atom. The molecule has 2 heterocycles. The lowest BCUT2D eigenvalue weighted by atomic mass is 9.81. The van der Waals surface area contributed by atoms with Gasteiger partial charge >= 0.3 is 0 Å². The molecular formula is C17H34N2O. The van der Waals surface area contributed by atoms with Crippen LogP contribution in [0.2, 0.25) is 0 Å². The predicted molar refractivity (Wildman–Crippen MR) is 85.1 cm³/mol.